The van der Waals surface area contributed by atoms with E-state index >= 15 is 0 Å². The predicted molar refractivity (Wildman–Crippen MR) is 103 cm³/mol. The second kappa shape index (κ2) is 7.16. The summed E-state index contributed by atoms with van der Waals surface area (Å²) < 4.78 is 37.0. The van der Waals surface area contributed by atoms with Gasteiger partial charge in [-0.05, 0) is 65.7 Å². The minimum atomic E-state index is -3.40. The first-order valence-electron chi connectivity index (χ1n) is 8.39. The van der Waals surface area contributed by atoms with Gasteiger partial charge < -0.3 is 5.11 Å². The van der Waals surface area contributed by atoms with Gasteiger partial charge in [-0.25, -0.2) is 12.8 Å². The van der Waals surface area contributed by atoms with Gasteiger partial charge in [0, 0.05) is 17.4 Å². The number of halogens is 1. The number of hydrogen-bond donors (Lipinski definition) is 1. The monoisotopic (exact) mass is 400 g/mol. The van der Waals surface area contributed by atoms with Gasteiger partial charge in [0.1, 0.15) is 5.82 Å². The lowest BCUT2D eigenvalue weighted by molar-refractivity contribution is -0.138. The van der Waals surface area contributed by atoms with Crippen molar-refractivity contribution >= 4 is 32.4 Å². The van der Waals surface area contributed by atoms with Gasteiger partial charge in [0.25, 0.3) is 0 Å². The van der Waals surface area contributed by atoms with Crippen molar-refractivity contribution < 1.29 is 27.5 Å². The summed E-state index contributed by atoms with van der Waals surface area (Å²) in [5.41, 5.74) is 0.799. The van der Waals surface area contributed by atoms with E-state index in [1.165, 1.54) is 55.5 Å². The molecule has 144 valence electrons. The SMILES string of the molecule is CC(C(=O)O)c1cc(C(=O)c2ccc(S(C)(=O)=O)cc2)c2cc(F)ccc2c1. The molecular weight excluding hydrogens is 383 g/mol. The Labute approximate surface area is 161 Å². The number of fused-ring (bicyclic) bond motifs is 1. The molecule has 3 aromatic carbocycles. The normalized spacial score (nSPS) is 12.7. The number of rotatable bonds is 5. The fourth-order valence-corrected chi connectivity index (χ4v) is 3.57. The maximum Gasteiger partial charge on any atom is 0.310 e. The average Bonchev–Trinajstić information content (AvgIpc) is 2.65. The van der Waals surface area contributed by atoms with E-state index in [4.69, 9.17) is 0 Å². The number of aliphatic carboxylic acids is 1. The number of carboxylic acid groups (broad SMARTS) is 1. The Kier molecular flexibility index (Phi) is 5.04. The Morgan fingerprint density at radius 2 is 1.64 bits per heavy atom. The summed E-state index contributed by atoms with van der Waals surface area (Å²) in [5.74, 6) is -2.87. The molecule has 1 unspecified atom stereocenters. The van der Waals surface area contributed by atoms with Crippen LogP contribution in [0.5, 0.6) is 0 Å². The Morgan fingerprint density at radius 1 is 1.00 bits per heavy atom. The van der Waals surface area contributed by atoms with Crippen molar-refractivity contribution in [3.05, 3.63) is 77.1 Å². The van der Waals surface area contributed by atoms with Crippen LogP contribution in [0.4, 0.5) is 4.39 Å². The number of benzene rings is 3. The molecule has 0 bridgehead atoms. The topological polar surface area (TPSA) is 88.5 Å². The van der Waals surface area contributed by atoms with Crippen LogP contribution in [-0.2, 0) is 14.6 Å². The zero-order chi connectivity index (χ0) is 20.6. The number of carboxylic acids is 1. The largest absolute Gasteiger partial charge is 0.481 e. The van der Waals surface area contributed by atoms with E-state index in [1.807, 2.05) is 0 Å². The molecule has 0 aliphatic heterocycles. The van der Waals surface area contributed by atoms with Crippen LogP contribution in [-0.4, -0.2) is 31.5 Å². The van der Waals surface area contributed by atoms with E-state index < -0.39 is 33.3 Å². The van der Waals surface area contributed by atoms with Crippen molar-refractivity contribution in [2.75, 3.05) is 6.26 Å². The molecule has 0 radical (unpaired) electrons. The van der Waals surface area contributed by atoms with Crippen LogP contribution in [0, 0.1) is 5.82 Å². The maximum absolute atomic E-state index is 13.8. The van der Waals surface area contributed by atoms with E-state index in [0.29, 0.717) is 16.3 Å². The number of sulfone groups is 1. The highest BCUT2D eigenvalue weighted by Gasteiger charge is 2.20. The van der Waals surface area contributed by atoms with Gasteiger partial charge in [-0.2, -0.15) is 0 Å². The molecule has 1 N–H and O–H groups in total. The van der Waals surface area contributed by atoms with Crippen LogP contribution in [0.3, 0.4) is 0 Å². The van der Waals surface area contributed by atoms with Crippen molar-refractivity contribution in [3.8, 4) is 0 Å². The van der Waals surface area contributed by atoms with E-state index in [2.05, 4.69) is 0 Å². The van der Waals surface area contributed by atoms with Crippen molar-refractivity contribution in [2.24, 2.45) is 0 Å². The van der Waals surface area contributed by atoms with Crippen LogP contribution in [0.15, 0.2) is 59.5 Å². The summed E-state index contributed by atoms with van der Waals surface area (Å²) in [6.07, 6.45) is 1.07. The molecule has 0 heterocycles. The zero-order valence-electron chi connectivity index (χ0n) is 15.1. The third-order valence-corrected chi connectivity index (χ3v) is 5.73. The maximum atomic E-state index is 13.8. The molecule has 0 fully saturated rings. The lowest BCUT2D eigenvalue weighted by atomic mass is 9.91. The molecule has 1 atom stereocenters. The second-order valence-electron chi connectivity index (χ2n) is 6.62. The van der Waals surface area contributed by atoms with E-state index in [-0.39, 0.29) is 16.0 Å². The third kappa shape index (κ3) is 3.80. The summed E-state index contributed by atoms with van der Waals surface area (Å²) in [6, 6.07) is 12.5. The van der Waals surface area contributed by atoms with E-state index in [0.717, 1.165) is 6.26 Å². The van der Waals surface area contributed by atoms with Crippen LogP contribution in [0.25, 0.3) is 10.8 Å². The van der Waals surface area contributed by atoms with Crippen molar-refractivity contribution in [1.29, 1.82) is 0 Å². The molecule has 0 amide bonds. The number of hydrogen-bond acceptors (Lipinski definition) is 4. The van der Waals surface area contributed by atoms with Gasteiger partial charge in [0.05, 0.1) is 10.8 Å². The predicted octanol–water partition coefficient (Wildman–Crippen LogP) is 3.80. The molecule has 0 saturated heterocycles. The highest BCUT2D eigenvalue weighted by atomic mass is 32.2. The minimum absolute atomic E-state index is 0.0770. The molecule has 28 heavy (non-hydrogen) atoms. The molecule has 5 nitrogen and oxygen atoms in total. The quantitative estimate of drug-likeness (QED) is 0.658. The molecule has 7 heteroatoms. The van der Waals surface area contributed by atoms with Gasteiger partial charge in [0.15, 0.2) is 15.6 Å². The third-order valence-electron chi connectivity index (χ3n) is 4.60. The molecule has 0 spiro atoms. The second-order valence-corrected chi connectivity index (χ2v) is 8.64. The summed E-state index contributed by atoms with van der Waals surface area (Å²) in [6.45, 7) is 1.50. The highest BCUT2D eigenvalue weighted by molar-refractivity contribution is 7.90. The molecule has 3 aromatic rings. The Bertz CT molecular complexity index is 1200. The smallest absolute Gasteiger partial charge is 0.310 e. The summed E-state index contributed by atoms with van der Waals surface area (Å²) in [5, 5.41) is 10.2. The Hall–Kier alpha value is -3.06. The molecule has 0 aliphatic rings. The molecule has 0 saturated carbocycles. The molecule has 0 aliphatic carbocycles. The first-order valence-corrected chi connectivity index (χ1v) is 10.3. The molecule has 0 aromatic heterocycles. The summed E-state index contributed by atoms with van der Waals surface area (Å²) in [4.78, 5) is 24.5. The lowest BCUT2D eigenvalue weighted by Crippen LogP contribution is -2.10. The Morgan fingerprint density at radius 3 is 2.21 bits per heavy atom. The van der Waals surface area contributed by atoms with Gasteiger partial charge in [0.2, 0.25) is 0 Å². The molecular formula is C21H17FO5S. The van der Waals surface area contributed by atoms with Crippen molar-refractivity contribution in [3.63, 3.8) is 0 Å². The van der Waals surface area contributed by atoms with Crippen molar-refractivity contribution in [2.45, 2.75) is 17.7 Å². The van der Waals surface area contributed by atoms with Gasteiger partial charge in [-0.3, -0.25) is 9.59 Å². The van der Waals surface area contributed by atoms with Gasteiger partial charge >= 0.3 is 5.97 Å². The fraction of sp³-hybridized carbons (Fsp3) is 0.143. The summed E-state index contributed by atoms with van der Waals surface area (Å²) >= 11 is 0. The van der Waals surface area contributed by atoms with Gasteiger partial charge in [-0.1, -0.05) is 12.1 Å². The summed E-state index contributed by atoms with van der Waals surface area (Å²) in [7, 11) is -3.40. The Balaban J connectivity index is 2.18. The van der Waals surface area contributed by atoms with Gasteiger partial charge in [-0.15, -0.1) is 0 Å². The van der Waals surface area contributed by atoms with Crippen molar-refractivity contribution in [1.82, 2.24) is 0 Å². The lowest BCUT2D eigenvalue weighted by Gasteiger charge is -2.13. The van der Waals surface area contributed by atoms with Crippen LogP contribution in [0.1, 0.15) is 34.3 Å². The highest BCUT2D eigenvalue weighted by Crippen LogP contribution is 2.28. The number of ketones is 1. The number of carbonyl (C=O) groups excluding carboxylic acids is 1. The number of carbonyl (C=O) groups is 2. The zero-order valence-corrected chi connectivity index (χ0v) is 16.0. The first kappa shape index (κ1) is 19.7. The molecule has 3 rings (SSSR count). The average molecular weight is 400 g/mol. The van der Waals surface area contributed by atoms with E-state index in [1.54, 1.807) is 6.07 Å². The first-order chi connectivity index (χ1) is 13.1. The van der Waals surface area contributed by atoms with Crippen LogP contribution < -0.4 is 0 Å². The van der Waals surface area contributed by atoms with E-state index in [9.17, 15) is 27.5 Å². The van der Waals surface area contributed by atoms with Crippen LogP contribution in [0.2, 0.25) is 0 Å². The van der Waals surface area contributed by atoms with Crippen LogP contribution >= 0.6 is 0 Å². The fourth-order valence-electron chi connectivity index (χ4n) is 2.94. The minimum Gasteiger partial charge on any atom is -0.481 e. The standard InChI is InChI=1S/C21H17FO5S/c1-12(21(24)25)15-9-14-3-6-16(22)11-18(14)19(10-15)20(23)13-4-7-17(8-5-13)28(2,26)27/h3-12H,1-2H3,(H,24,25).